The van der Waals surface area contributed by atoms with E-state index in [0.29, 0.717) is 18.0 Å². The number of benzene rings is 3. The van der Waals surface area contributed by atoms with Crippen LogP contribution < -0.4 is 4.57 Å². The minimum Gasteiger partial charge on any atom is -0.473 e. The first-order chi connectivity index (χ1) is 14.6. The van der Waals surface area contributed by atoms with Gasteiger partial charge in [-0.2, -0.15) is 4.57 Å². The molecule has 4 heteroatoms. The SMILES string of the molecule is O=C(O)c1cc(-c2ccccc2)cc(-c2ccccc2)[n+]1CCc1ccc(Cl)cc1. The largest absolute Gasteiger partial charge is 0.473 e. The van der Waals surface area contributed by atoms with Crippen LogP contribution in [0.3, 0.4) is 0 Å². The Hall–Kier alpha value is -3.43. The first-order valence-electron chi connectivity index (χ1n) is 9.78. The Kier molecular flexibility index (Phi) is 5.92. The van der Waals surface area contributed by atoms with Gasteiger partial charge in [-0.1, -0.05) is 72.3 Å². The smallest absolute Gasteiger partial charge is 0.401 e. The molecule has 0 saturated carbocycles. The monoisotopic (exact) mass is 414 g/mol. The summed E-state index contributed by atoms with van der Waals surface area (Å²) in [5.74, 6) is -0.943. The van der Waals surface area contributed by atoms with E-state index in [-0.39, 0.29) is 5.69 Å². The van der Waals surface area contributed by atoms with Gasteiger partial charge in [0, 0.05) is 29.1 Å². The summed E-state index contributed by atoms with van der Waals surface area (Å²) in [6, 6.07) is 31.3. The molecule has 1 heterocycles. The Labute approximate surface area is 180 Å². The summed E-state index contributed by atoms with van der Waals surface area (Å²) in [7, 11) is 0. The number of rotatable bonds is 6. The lowest BCUT2D eigenvalue weighted by Gasteiger charge is -2.11. The molecule has 3 aromatic carbocycles. The third-order valence-electron chi connectivity index (χ3n) is 5.10. The summed E-state index contributed by atoms with van der Waals surface area (Å²) >= 11 is 5.99. The fraction of sp³-hybridized carbons (Fsp3) is 0.0769. The lowest BCUT2D eigenvalue weighted by molar-refractivity contribution is -0.688. The highest BCUT2D eigenvalue weighted by Gasteiger charge is 2.25. The summed E-state index contributed by atoms with van der Waals surface area (Å²) in [6.45, 7) is 0.544. The molecule has 3 nitrogen and oxygen atoms in total. The van der Waals surface area contributed by atoms with Gasteiger partial charge in [0.2, 0.25) is 5.69 Å². The maximum Gasteiger partial charge on any atom is 0.401 e. The third-order valence-corrected chi connectivity index (χ3v) is 5.35. The predicted molar refractivity (Wildman–Crippen MR) is 120 cm³/mol. The average Bonchev–Trinajstić information content (AvgIpc) is 2.79. The van der Waals surface area contributed by atoms with Crippen LogP contribution in [0.25, 0.3) is 22.4 Å². The molecule has 0 aliphatic carbocycles. The molecule has 0 spiro atoms. The molecule has 0 radical (unpaired) electrons. The lowest BCUT2D eigenvalue weighted by Crippen LogP contribution is -2.43. The summed E-state index contributed by atoms with van der Waals surface area (Å²) in [6.07, 6.45) is 0.701. The standard InChI is InChI=1S/C26H20ClNO2/c27-23-13-11-19(12-14-23)15-16-28-24(21-9-5-2-6-10-21)17-22(18-25(28)26(29)30)20-7-3-1-4-8-20/h1-14,17-18H,15-16H2/p+1. The van der Waals surface area contributed by atoms with E-state index in [0.717, 1.165) is 27.9 Å². The van der Waals surface area contributed by atoms with Crippen LogP contribution in [0.5, 0.6) is 0 Å². The zero-order valence-corrected chi connectivity index (χ0v) is 17.1. The van der Waals surface area contributed by atoms with Crippen LogP contribution in [0.1, 0.15) is 16.1 Å². The first-order valence-corrected chi connectivity index (χ1v) is 10.2. The van der Waals surface area contributed by atoms with Gasteiger partial charge in [0.25, 0.3) is 5.69 Å². The van der Waals surface area contributed by atoms with Crippen LogP contribution in [0.2, 0.25) is 5.02 Å². The van der Waals surface area contributed by atoms with Gasteiger partial charge < -0.3 is 5.11 Å². The molecule has 0 amide bonds. The minimum atomic E-state index is -0.943. The molecule has 0 fully saturated rings. The predicted octanol–water partition coefficient (Wildman–Crippen LogP) is 5.90. The van der Waals surface area contributed by atoms with Crippen molar-refractivity contribution >= 4 is 17.6 Å². The molecular weight excluding hydrogens is 394 g/mol. The zero-order chi connectivity index (χ0) is 20.9. The number of aryl methyl sites for hydroxylation is 1. The van der Waals surface area contributed by atoms with Crippen LogP contribution in [-0.2, 0) is 13.0 Å². The van der Waals surface area contributed by atoms with E-state index in [1.165, 1.54) is 0 Å². The number of nitrogens with zero attached hydrogens (tertiary/aromatic N) is 1. The highest BCUT2D eigenvalue weighted by Crippen LogP contribution is 2.25. The second kappa shape index (κ2) is 8.93. The van der Waals surface area contributed by atoms with Gasteiger partial charge >= 0.3 is 5.97 Å². The van der Waals surface area contributed by atoms with Gasteiger partial charge in [-0.25, -0.2) is 4.79 Å². The molecule has 0 atom stereocenters. The molecule has 148 valence electrons. The second-order valence-corrected chi connectivity index (χ2v) is 7.52. The van der Waals surface area contributed by atoms with E-state index in [1.54, 1.807) is 6.07 Å². The van der Waals surface area contributed by atoms with Gasteiger partial charge in [-0.05, 0) is 41.0 Å². The van der Waals surface area contributed by atoms with Crippen LogP contribution in [0, 0.1) is 0 Å². The van der Waals surface area contributed by atoms with Crippen LogP contribution in [-0.4, -0.2) is 11.1 Å². The van der Waals surface area contributed by atoms with Gasteiger partial charge in [0.05, 0.1) is 0 Å². The van der Waals surface area contributed by atoms with Gasteiger partial charge in [-0.15, -0.1) is 0 Å². The summed E-state index contributed by atoms with van der Waals surface area (Å²) in [5, 5.41) is 10.7. The number of pyridine rings is 1. The van der Waals surface area contributed by atoms with E-state index in [4.69, 9.17) is 11.6 Å². The van der Waals surface area contributed by atoms with E-state index in [9.17, 15) is 9.90 Å². The van der Waals surface area contributed by atoms with E-state index < -0.39 is 5.97 Å². The quantitative estimate of drug-likeness (QED) is 0.399. The topological polar surface area (TPSA) is 41.2 Å². The molecule has 1 aromatic heterocycles. The van der Waals surface area contributed by atoms with Crippen LogP contribution >= 0.6 is 11.6 Å². The summed E-state index contributed by atoms with van der Waals surface area (Å²) < 4.78 is 1.89. The van der Waals surface area contributed by atoms with Crippen molar-refractivity contribution in [3.8, 4) is 22.4 Å². The van der Waals surface area contributed by atoms with Crippen molar-refractivity contribution < 1.29 is 14.5 Å². The first kappa shape index (κ1) is 19.9. The van der Waals surface area contributed by atoms with Crippen LogP contribution in [0.4, 0.5) is 0 Å². The molecular formula is C26H21ClNO2+. The molecule has 4 aromatic rings. The van der Waals surface area contributed by atoms with Crippen molar-refractivity contribution in [1.82, 2.24) is 0 Å². The zero-order valence-electron chi connectivity index (χ0n) is 16.3. The van der Waals surface area contributed by atoms with Gasteiger partial charge in [0.1, 0.15) is 0 Å². The fourth-order valence-electron chi connectivity index (χ4n) is 3.58. The summed E-state index contributed by atoms with van der Waals surface area (Å²) in [4.78, 5) is 12.2. The molecule has 30 heavy (non-hydrogen) atoms. The van der Waals surface area contributed by atoms with Crippen molar-refractivity contribution in [2.24, 2.45) is 0 Å². The van der Waals surface area contributed by atoms with Crippen molar-refractivity contribution in [3.63, 3.8) is 0 Å². The van der Waals surface area contributed by atoms with Gasteiger partial charge in [0.15, 0.2) is 6.54 Å². The molecule has 0 saturated heterocycles. The highest BCUT2D eigenvalue weighted by atomic mass is 35.5. The molecule has 4 rings (SSSR count). The maximum absolute atomic E-state index is 12.2. The maximum atomic E-state index is 12.2. The molecule has 1 N–H and O–H groups in total. The number of carbonyl (C=O) groups is 1. The number of aromatic nitrogens is 1. The molecule has 0 unspecified atom stereocenters. The number of carboxylic acid groups (broad SMARTS) is 1. The molecule has 0 bridgehead atoms. The van der Waals surface area contributed by atoms with E-state index in [1.807, 2.05) is 89.5 Å². The minimum absolute atomic E-state index is 0.268. The fourth-order valence-corrected chi connectivity index (χ4v) is 3.70. The third kappa shape index (κ3) is 4.42. The Morgan fingerprint density at radius 2 is 1.37 bits per heavy atom. The van der Waals surface area contributed by atoms with Crippen molar-refractivity contribution in [3.05, 3.63) is 113 Å². The number of carboxylic acids is 1. The Morgan fingerprint density at radius 3 is 1.97 bits per heavy atom. The van der Waals surface area contributed by atoms with Gasteiger partial charge in [-0.3, -0.25) is 0 Å². The van der Waals surface area contributed by atoms with E-state index in [2.05, 4.69) is 6.07 Å². The van der Waals surface area contributed by atoms with Crippen molar-refractivity contribution in [2.75, 3.05) is 0 Å². The normalized spacial score (nSPS) is 10.7. The Balaban J connectivity index is 1.83. The summed E-state index contributed by atoms with van der Waals surface area (Å²) in [5.41, 5.74) is 5.10. The number of aromatic carboxylic acids is 1. The van der Waals surface area contributed by atoms with E-state index >= 15 is 0 Å². The van der Waals surface area contributed by atoms with Crippen molar-refractivity contribution in [1.29, 1.82) is 0 Å². The number of hydrogen-bond donors (Lipinski definition) is 1. The Bertz CT molecular complexity index is 1160. The highest BCUT2D eigenvalue weighted by molar-refractivity contribution is 6.30. The second-order valence-electron chi connectivity index (χ2n) is 7.08. The Morgan fingerprint density at radius 1 is 0.767 bits per heavy atom. The van der Waals surface area contributed by atoms with Crippen LogP contribution in [0.15, 0.2) is 97.1 Å². The average molecular weight is 415 g/mol. The molecule has 0 aliphatic heterocycles. The molecule has 0 aliphatic rings. The number of hydrogen-bond acceptors (Lipinski definition) is 1. The number of halogens is 1. The lowest BCUT2D eigenvalue weighted by atomic mass is 10.0. The van der Waals surface area contributed by atoms with Crippen molar-refractivity contribution in [2.45, 2.75) is 13.0 Å².